The Labute approximate surface area is 108 Å². The number of nitrogens with one attached hydrogen (secondary N) is 1. The van der Waals surface area contributed by atoms with Crippen LogP contribution in [-0.2, 0) is 6.54 Å². The van der Waals surface area contributed by atoms with Gasteiger partial charge < -0.3 is 9.73 Å². The van der Waals surface area contributed by atoms with Crippen molar-refractivity contribution in [3.8, 4) is 0 Å². The third-order valence-corrected chi connectivity index (χ3v) is 2.73. The first-order valence-electron chi connectivity index (χ1n) is 5.27. The number of carbonyl (C=O) groups is 1. The Bertz CT molecular complexity index is 601. The summed E-state index contributed by atoms with van der Waals surface area (Å²) < 4.78 is 4.61. The molecule has 2 aromatic rings. The maximum absolute atomic E-state index is 11.7. The molecule has 0 unspecified atom stereocenters. The van der Waals surface area contributed by atoms with Gasteiger partial charge in [-0.1, -0.05) is 29.8 Å². The Hall–Kier alpha value is -2.07. The number of hydrogen-bond acceptors (Lipinski definition) is 3. The van der Waals surface area contributed by atoms with Gasteiger partial charge in [0.05, 0.1) is 5.56 Å². The van der Waals surface area contributed by atoms with Crippen LogP contribution in [0.25, 0.3) is 0 Å². The third-order valence-electron chi connectivity index (χ3n) is 2.36. The van der Waals surface area contributed by atoms with Gasteiger partial charge in [-0.15, -0.1) is 0 Å². The van der Waals surface area contributed by atoms with Gasteiger partial charge in [0.25, 0.3) is 5.91 Å². The van der Waals surface area contributed by atoms with Gasteiger partial charge in [0.1, 0.15) is 6.26 Å². The molecule has 0 aliphatic carbocycles. The lowest BCUT2D eigenvalue weighted by Gasteiger charge is -2.06. The van der Waals surface area contributed by atoms with Crippen LogP contribution in [-0.4, -0.2) is 5.91 Å². The van der Waals surface area contributed by atoms with Crippen LogP contribution in [0.15, 0.2) is 51.9 Å². The van der Waals surface area contributed by atoms with Gasteiger partial charge >= 0.3 is 5.63 Å². The van der Waals surface area contributed by atoms with Crippen molar-refractivity contribution in [1.82, 2.24) is 5.32 Å². The standard InChI is InChI=1S/C13H10ClNO3/c14-11-4-2-1-3-9(11)7-15-13(17)10-5-6-12(16)18-8-10/h1-6,8H,7H2,(H,15,17). The molecule has 1 aromatic carbocycles. The zero-order valence-electron chi connectivity index (χ0n) is 9.35. The number of hydrogen-bond donors (Lipinski definition) is 1. The molecule has 0 radical (unpaired) electrons. The first-order chi connectivity index (χ1) is 8.66. The lowest BCUT2D eigenvalue weighted by atomic mass is 10.2. The monoisotopic (exact) mass is 263 g/mol. The van der Waals surface area contributed by atoms with E-state index in [2.05, 4.69) is 9.73 Å². The van der Waals surface area contributed by atoms with Crippen molar-refractivity contribution < 1.29 is 9.21 Å². The smallest absolute Gasteiger partial charge is 0.335 e. The Morgan fingerprint density at radius 1 is 1.22 bits per heavy atom. The van der Waals surface area contributed by atoms with E-state index in [1.807, 2.05) is 18.2 Å². The third kappa shape index (κ3) is 2.99. The lowest BCUT2D eigenvalue weighted by molar-refractivity contribution is 0.0948. The predicted octanol–water partition coefficient (Wildman–Crippen LogP) is 2.22. The average Bonchev–Trinajstić information content (AvgIpc) is 2.38. The van der Waals surface area contributed by atoms with Gasteiger partial charge in [0, 0.05) is 17.6 Å². The van der Waals surface area contributed by atoms with Crippen molar-refractivity contribution in [3.63, 3.8) is 0 Å². The molecule has 5 heteroatoms. The summed E-state index contributed by atoms with van der Waals surface area (Å²) >= 11 is 5.96. The van der Waals surface area contributed by atoms with Crippen molar-refractivity contribution in [2.75, 3.05) is 0 Å². The maximum Gasteiger partial charge on any atom is 0.335 e. The van der Waals surface area contributed by atoms with Gasteiger partial charge in [-0.05, 0) is 17.7 Å². The zero-order valence-corrected chi connectivity index (χ0v) is 10.1. The molecule has 2 rings (SSSR count). The van der Waals surface area contributed by atoms with Crippen molar-refractivity contribution in [2.45, 2.75) is 6.54 Å². The molecule has 1 heterocycles. The van der Waals surface area contributed by atoms with E-state index in [-0.39, 0.29) is 5.91 Å². The highest BCUT2D eigenvalue weighted by Crippen LogP contribution is 2.14. The summed E-state index contributed by atoms with van der Waals surface area (Å²) in [7, 11) is 0. The molecule has 0 spiro atoms. The van der Waals surface area contributed by atoms with E-state index in [4.69, 9.17) is 11.6 Å². The van der Waals surface area contributed by atoms with Crippen LogP contribution < -0.4 is 10.9 Å². The molecule has 0 aliphatic heterocycles. The van der Waals surface area contributed by atoms with Crippen LogP contribution >= 0.6 is 11.6 Å². The molecule has 1 aromatic heterocycles. The SMILES string of the molecule is O=C(NCc1ccccc1Cl)c1ccc(=O)oc1. The largest absolute Gasteiger partial charge is 0.430 e. The highest BCUT2D eigenvalue weighted by atomic mass is 35.5. The van der Waals surface area contributed by atoms with E-state index in [1.165, 1.54) is 12.1 Å². The Morgan fingerprint density at radius 3 is 2.67 bits per heavy atom. The van der Waals surface area contributed by atoms with E-state index < -0.39 is 5.63 Å². The number of halogens is 1. The van der Waals surface area contributed by atoms with Gasteiger partial charge in [0.2, 0.25) is 0 Å². The highest BCUT2D eigenvalue weighted by Gasteiger charge is 2.07. The van der Waals surface area contributed by atoms with Crippen LogP contribution in [0.4, 0.5) is 0 Å². The predicted molar refractivity (Wildman–Crippen MR) is 67.6 cm³/mol. The molecular weight excluding hydrogens is 254 g/mol. The summed E-state index contributed by atoms with van der Waals surface area (Å²) in [5.41, 5.74) is 0.629. The lowest BCUT2D eigenvalue weighted by Crippen LogP contribution is -2.23. The average molecular weight is 264 g/mol. The minimum atomic E-state index is -0.488. The molecule has 1 amide bonds. The van der Waals surface area contributed by atoms with Crippen molar-refractivity contribution in [3.05, 3.63) is 69.2 Å². The quantitative estimate of drug-likeness (QED) is 0.924. The molecule has 0 saturated heterocycles. The second-order valence-corrected chi connectivity index (χ2v) is 4.02. The minimum Gasteiger partial charge on any atom is -0.430 e. The molecule has 0 fully saturated rings. The van der Waals surface area contributed by atoms with Gasteiger partial charge in [0.15, 0.2) is 0 Å². The summed E-state index contributed by atoms with van der Waals surface area (Å²) in [6.45, 7) is 0.317. The van der Waals surface area contributed by atoms with E-state index in [0.717, 1.165) is 11.8 Å². The van der Waals surface area contributed by atoms with Crippen LogP contribution in [0.1, 0.15) is 15.9 Å². The van der Waals surface area contributed by atoms with Gasteiger partial charge in [-0.25, -0.2) is 4.79 Å². The van der Waals surface area contributed by atoms with Crippen LogP contribution in [0.3, 0.4) is 0 Å². The van der Waals surface area contributed by atoms with Gasteiger partial charge in [-0.3, -0.25) is 4.79 Å². The molecule has 0 atom stereocenters. The summed E-state index contributed by atoms with van der Waals surface area (Å²) in [5, 5.41) is 3.28. The summed E-state index contributed by atoms with van der Waals surface area (Å²) in [5.74, 6) is -0.321. The van der Waals surface area contributed by atoms with Crippen molar-refractivity contribution in [2.24, 2.45) is 0 Å². The Kier molecular flexibility index (Phi) is 3.79. The molecule has 4 nitrogen and oxygen atoms in total. The topological polar surface area (TPSA) is 59.3 Å². The summed E-state index contributed by atoms with van der Waals surface area (Å²) in [4.78, 5) is 22.5. The summed E-state index contributed by atoms with van der Waals surface area (Å²) in [6, 6.07) is 9.85. The number of amides is 1. The molecule has 92 valence electrons. The minimum absolute atomic E-state index is 0.293. The van der Waals surface area contributed by atoms with E-state index in [1.54, 1.807) is 6.07 Å². The van der Waals surface area contributed by atoms with Crippen molar-refractivity contribution in [1.29, 1.82) is 0 Å². The summed E-state index contributed by atoms with van der Waals surface area (Å²) in [6.07, 6.45) is 1.13. The van der Waals surface area contributed by atoms with Crippen molar-refractivity contribution >= 4 is 17.5 Å². The molecule has 0 bridgehead atoms. The number of benzene rings is 1. The van der Waals surface area contributed by atoms with Crippen LogP contribution in [0.2, 0.25) is 5.02 Å². The van der Waals surface area contributed by atoms with E-state index >= 15 is 0 Å². The molecule has 0 saturated carbocycles. The van der Waals surface area contributed by atoms with Crippen LogP contribution in [0.5, 0.6) is 0 Å². The molecule has 0 aliphatic rings. The number of rotatable bonds is 3. The zero-order chi connectivity index (χ0) is 13.0. The fourth-order valence-electron chi connectivity index (χ4n) is 1.41. The second-order valence-electron chi connectivity index (χ2n) is 3.62. The fourth-order valence-corrected chi connectivity index (χ4v) is 1.61. The van der Waals surface area contributed by atoms with Crippen LogP contribution in [0, 0.1) is 0 Å². The van der Waals surface area contributed by atoms with E-state index in [0.29, 0.717) is 17.1 Å². The Morgan fingerprint density at radius 2 is 2.00 bits per heavy atom. The number of carbonyl (C=O) groups excluding carboxylic acids is 1. The first-order valence-corrected chi connectivity index (χ1v) is 5.65. The second kappa shape index (κ2) is 5.51. The maximum atomic E-state index is 11.7. The molecular formula is C13H10ClNO3. The Balaban J connectivity index is 2.03. The van der Waals surface area contributed by atoms with E-state index in [9.17, 15) is 9.59 Å². The van der Waals surface area contributed by atoms with Gasteiger partial charge in [-0.2, -0.15) is 0 Å². The normalized spacial score (nSPS) is 10.1. The first kappa shape index (κ1) is 12.4. The molecule has 18 heavy (non-hydrogen) atoms. The highest BCUT2D eigenvalue weighted by molar-refractivity contribution is 6.31. The molecule has 1 N–H and O–H groups in total. The fraction of sp³-hybridized carbons (Fsp3) is 0.0769.